The van der Waals surface area contributed by atoms with Gasteiger partial charge in [-0.25, -0.2) is 0 Å². The molecule has 0 radical (unpaired) electrons. The normalized spacial score (nSPS) is 29.8. The molecule has 1 aliphatic heterocycles. The Balaban J connectivity index is 2.23. The first-order valence-electron chi connectivity index (χ1n) is 7.52. The highest BCUT2D eigenvalue weighted by Crippen LogP contribution is 2.30. The SMILES string of the molecule is CC[C@H](C)C1C[C@@H](OCCOCCOC)C(C)N1C. The molecule has 114 valence electrons. The molecule has 4 atom stereocenters. The summed E-state index contributed by atoms with van der Waals surface area (Å²) in [6.45, 7) is 9.50. The molecule has 2 unspecified atom stereocenters. The van der Waals surface area contributed by atoms with Crippen molar-refractivity contribution in [2.24, 2.45) is 5.92 Å². The van der Waals surface area contributed by atoms with Gasteiger partial charge in [0.1, 0.15) is 0 Å². The van der Waals surface area contributed by atoms with E-state index >= 15 is 0 Å². The van der Waals surface area contributed by atoms with Gasteiger partial charge in [-0.15, -0.1) is 0 Å². The van der Waals surface area contributed by atoms with Gasteiger partial charge in [-0.05, 0) is 26.3 Å². The van der Waals surface area contributed by atoms with Crippen molar-refractivity contribution >= 4 is 0 Å². The lowest BCUT2D eigenvalue weighted by Crippen LogP contribution is -2.36. The van der Waals surface area contributed by atoms with Crippen LogP contribution in [0.15, 0.2) is 0 Å². The van der Waals surface area contributed by atoms with Crippen LogP contribution in [0, 0.1) is 5.92 Å². The van der Waals surface area contributed by atoms with Gasteiger partial charge in [-0.3, -0.25) is 4.90 Å². The lowest BCUT2D eigenvalue weighted by atomic mass is 9.97. The van der Waals surface area contributed by atoms with E-state index in [1.165, 1.54) is 6.42 Å². The summed E-state index contributed by atoms with van der Waals surface area (Å²) in [6, 6.07) is 1.15. The van der Waals surface area contributed by atoms with Crippen molar-refractivity contribution in [1.82, 2.24) is 4.90 Å². The van der Waals surface area contributed by atoms with Crippen LogP contribution in [0.2, 0.25) is 0 Å². The maximum absolute atomic E-state index is 5.98. The van der Waals surface area contributed by atoms with Crippen LogP contribution in [0.1, 0.15) is 33.6 Å². The van der Waals surface area contributed by atoms with Crippen LogP contribution in [-0.4, -0.2) is 63.7 Å². The van der Waals surface area contributed by atoms with Crippen molar-refractivity contribution in [2.75, 3.05) is 40.6 Å². The number of likely N-dealkylation sites (N-methyl/N-ethyl adjacent to an activating group) is 1. The summed E-state index contributed by atoms with van der Waals surface area (Å²) < 4.78 is 16.3. The molecule has 0 aliphatic carbocycles. The zero-order chi connectivity index (χ0) is 14.3. The largest absolute Gasteiger partial charge is 0.382 e. The fourth-order valence-electron chi connectivity index (χ4n) is 2.78. The van der Waals surface area contributed by atoms with Crippen molar-refractivity contribution in [3.8, 4) is 0 Å². The van der Waals surface area contributed by atoms with Crippen molar-refractivity contribution < 1.29 is 14.2 Å². The third-order valence-electron chi connectivity index (χ3n) is 4.47. The highest BCUT2D eigenvalue weighted by Gasteiger charge is 2.38. The third kappa shape index (κ3) is 5.03. The van der Waals surface area contributed by atoms with Crippen LogP contribution in [0.5, 0.6) is 0 Å². The standard InChI is InChI=1S/C15H31NO3/c1-6-12(2)14-11-15(13(3)16(14)4)19-10-9-18-8-7-17-5/h12-15H,6-11H2,1-5H3/t12-,13?,14?,15+/m0/s1. The third-order valence-corrected chi connectivity index (χ3v) is 4.47. The van der Waals surface area contributed by atoms with Gasteiger partial charge in [0.05, 0.1) is 32.5 Å². The number of ether oxygens (including phenoxy) is 3. The van der Waals surface area contributed by atoms with Gasteiger partial charge in [0.25, 0.3) is 0 Å². The molecule has 0 aromatic rings. The highest BCUT2D eigenvalue weighted by atomic mass is 16.5. The minimum atomic E-state index is 0.343. The Labute approximate surface area is 118 Å². The van der Waals surface area contributed by atoms with Gasteiger partial charge in [0.15, 0.2) is 0 Å². The predicted molar refractivity (Wildman–Crippen MR) is 77.5 cm³/mol. The molecule has 0 aromatic heterocycles. The fourth-order valence-corrected chi connectivity index (χ4v) is 2.78. The summed E-state index contributed by atoms with van der Waals surface area (Å²) in [5, 5.41) is 0. The summed E-state index contributed by atoms with van der Waals surface area (Å²) in [5.74, 6) is 0.735. The molecule has 4 heteroatoms. The number of likely N-dealkylation sites (tertiary alicyclic amines) is 1. The molecule has 0 amide bonds. The van der Waals surface area contributed by atoms with Crippen LogP contribution in [-0.2, 0) is 14.2 Å². The van der Waals surface area contributed by atoms with Crippen LogP contribution in [0.3, 0.4) is 0 Å². The average Bonchev–Trinajstić information content (AvgIpc) is 2.70. The summed E-state index contributed by atoms with van der Waals surface area (Å²) in [4.78, 5) is 2.48. The van der Waals surface area contributed by atoms with Gasteiger partial charge >= 0.3 is 0 Å². The molecular weight excluding hydrogens is 242 g/mol. The first-order chi connectivity index (χ1) is 9.11. The molecule has 0 spiro atoms. The van der Waals surface area contributed by atoms with Crippen molar-refractivity contribution in [3.63, 3.8) is 0 Å². The van der Waals surface area contributed by atoms with Crippen LogP contribution >= 0.6 is 0 Å². The number of methoxy groups -OCH3 is 1. The number of rotatable bonds is 9. The second-order valence-electron chi connectivity index (χ2n) is 5.61. The molecule has 4 nitrogen and oxygen atoms in total. The van der Waals surface area contributed by atoms with E-state index in [0.29, 0.717) is 44.6 Å². The Morgan fingerprint density at radius 3 is 2.53 bits per heavy atom. The van der Waals surface area contributed by atoms with E-state index in [-0.39, 0.29) is 0 Å². The van der Waals surface area contributed by atoms with E-state index in [0.717, 1.165) is 12.3 Å². The molecular formula is C15H31NO3. The summed E-state index contributed by atoms with van der Waals surface area (Å²) in [5.41, 5.74) is 0. The maximum atomic E-state index is 5.98. The van der Waals surface area contributed by atoms with Crippen molar-refractivity contribution in [3.05, 3.63) is 0 Å². The van der Waals surface area contributed by atoms with Crippen molar-refractivity contribution in [1.29, 1.82) is 0 Å². The van der Waals surface area contributed by atoms with Crippen LogP contribution in [0.25, 0.3) is 0 Å². The van der Waals surface area contributed by atoms with E-state index in [9.17, 15) is 0 Å². The smallest absolute Gasteiger partial charge is 0.0743 e. The van der Waals surface area contributed by atoms with E-state index < -0.39 is 0 Å². The zero-order valence-electron chi connectivity index (χ0n) is 13.2. The summed E-state index contributed by atoms with van der Waals surface area (Å²) in [7, 11) is 3.91. The Kier molecular flexibility index (Phi) is 7.91. The fraction of sp³-hybridized carbons (Fsp3) is 1.00. The number of hydrogen-bond donors (Lipinski definition) is 0. The van der Waals surface area contributed by atoms with E-state index in [4.69, 9.17) is 14.2 Å². The molecule has 19 heavy (non-hydrogen) atoms. The topological polar surface area (TPSA) is 30.9 Å². The van der Waals surface area contributed by atoms with Crippen molar-refractivity contribution in [2.45, 2.75) is 51.8 Å². The predicted octanol–water partition coefficient (Wildman–Crippen LogP) is 2.17. The molecule has 1 saturated heterocycles. The van der Waals surface area contributed by atoms with Gasteiger partial charge in [-0.1, -0.05) is 20.3 Å². The second kappa shape index (κ2) is 8.90. The van der Waals surface area contributed by atoms with Crippen LogP contribution in [0.4, 0.5) is 0 Å². The molecule has 0 N–H and O–H groups in total. The summed E-state index contributed by atoms with van der Waals surface area (Å²) in [6.07, 6.45) is 2.72. The van der Waals surface area contributed by atoms with Gasteiger partial charge < -0.3 is 14.2 Å². The Morgan fingerprint density at radius 1 is 1.21 bits per heavy atom. The van der Waals surface area contributed by atoms with Gasteiger partial charge in [-0.2, -0.15) is 0 Å². The Hall–Kier alpha value is -0.160. The highest BCUT2D eigenvalue weighted by molar-refractivity contribution is 4.92. The first kappa shape index (κ1) is 16.9. The Bertz CT molecular complexity index is 237. The minimum Gasteiger partial charge on any atom is -0.382 e. The molecule has 0 bridgehead atoms. The molecule has 0 saturated carbocycles. The van der Waals surface area contributed by atoms with Gasteiger partial charge in [0.2, 0.25) is 0 Å². The van der Waals surface area contributed by atoms with Gasteiger partial charge in [0, 0.05) is 19.2 Å². The lowest BCUT2D eigenvalue weighted by Gasteiger charge is -2.27. The number of nitrogens with zero attached hydrogens (tertiary/aromatic N) is 1. The molecule has 1 aliphatic rings. The zero-order valence-corrected chi connectivity index (χ0v) is 13.2. The lowest BCUT2D eigenvalue weighted by molar-refractivity contribution is -0.0138. The maximum Gasteiger partial charge on any atom is 0.0743 e. The van der Waals surface area contributed by atoms with E-state index in [2.05, 4.69) is 32.7 Å². The quantitative estimate of drug-likeness (QED) is 0.603. The summed E-state index contributed by atoms with van der Waals surface area (Å²) >= 11 is 0. The first-order valence-corrected chi connectivity index (χ1v) is 7.52. The van der Waals surface area contributed by atoms with E-state index in [1.54, 1.807) is 7.11 Å². The molecule has 0 aromatic carbocycles. The molecule has 1 rings (SSSR count). The van der Waals surface area contributed by atoms with Crippen LogP contribution < -0.4 is 0 Å². The average molecular weight is 273 g/mol. The monoisotopic (exact) mass is 273 g/mol. The number of hydrogen-bond acceptors (Lipinski definition) is 4. The Morgan fingerprint density at radius 2 is 1.89 bits per heavy atom. The van der Waals surface area contributed by atoms with E-state index in [1.807, 2.05) is 0 Å². The second-order valence-corrected chi connectivity index (χ2v) is 5.61. The minimum absolute atomic E-state index is 0.343. The molecule has 1 heterocycles. The molecule has 1 fully saturated rings.